The molecule has 4 nitrogen and oxygen atoms in total. The zero-order valence-corrected chi connectivity index (χ0v) is 17.4. The van der Waals surface area contributed by atoms with Crippen LogP contribution in [0.5, 0.6) is 0 Å². The number of carbonyl (C=O) groups excluding carboxylic acids is 1. The van der Waals surface area contributed by atoms with Crippen molar-refractivity contribution in [3.05, 3.63) is 42.5 Å². The van der Waals surface area contributed by atoms with Gasteiger partial charge in [0.25, 0.3) is 0 Å². The highest BCUT2D eigenvalue weighted by Gasteiger charge is 2.25. The smallest absolute Gasteiger partial charge is 0.233 e. The summed E-state index contributed by atoms with van der Waals surface area (Å²) in [5.41, 5.74) is 1.81. The van der Waals surface area contributed by atoms with Crippen LogP contribution in [0.25, 0.3) is 20.7 Å². The van der Waals surface area contributed by atoms with E-state index in [-0.39, 0.29) is 11.7 Å². The van der Waals surface area contributed by atoms with E-state index in [1.165, 1.54) is 30.3 Å². The average molecular weight is 416 g/mol. The Labute approximate surface area is 172 Å². The standard InChI is InChI=1S/C21H22FN3OS2/c1-2-16-5-3-4-10-25(16)19(26)12-27-21-20-17(23-13-24-21)11-18(28-20)14-6-8-15(22)9-7-14/h6-9,11,13,16H,2-5,10,12H2,1H3/t16-/m0/s1. The van der Waals surface area contributed by atoms with Crippen LogP contribution in [0.1, 0.15) is 32.6 Å². The molecule has 4 rings (SSSR count). The minimum absolute atomic E-state index is 0.193. The third-order valence-corrected chi connectivity index (χ3v) is 7.44. The molecule has 0 spiro atoms. The SMILES string of the molecule is CC[C@H]1CCCCN1C(=O)CSc1ncnc2cc(-c3ccc(F)cc3)sc12. The molecule has 0 aliphatic carbocycles. The molecule has 1 saturated heterocycles. The largest absolute Gasteiger partial charge is 0.339 e. The lowest BCUT2D eigenvalue weighted by atomic mass is 10.0. The van der Waals surface area contributed by atoms with Gasteiger partial charge in [-0.05, 0) is 49.4 Å². The van der Waals surface area contributed by atoms with Gasteiger partial charge in [0.05, 0.1) is 16.0 Å². The van der Waals surface area contributed by atoms with E-state index in [1.807, 2.05) is 11.0 Å². The molecule has 1 aliphatic rings. The minimum Gasteiger partial charge on any atom is -0.339 e. The van der Waals surface area contributed by atoms with E-state index in [0.717, 1.165) is 51.5 Å². The van der Waals surface area contributed by atoms with E-state index in [0.29, 0.717) is 11.8 Å². The van der Waals surface area contributed by atoms with Crippen LogP contribution in [0.15, 0.2) is 41.7 Å². The lowest BCUT2D eigenvalue weighted by Crippen LogP contribution is -2.44. The number of thioether (sulfide) groups is 1. The Morgan fingerprint density at radius 3 is 2.89 bits per heavy atom. The summed E-state index contributed by atoms with van der Waals surface area (Å²) < 4.78 is 14.2. The highest BCUT2D eigenvalue weighted by Crippen LogP contribution is 2.37. The first-order valence-electron chi connectivity index (χ1n) is 9.58. The number of thiophene rings is 1. The first-order valence-corrected chi connectivity index (χ1v) is 11.4. The molecule has 0 radical (unpaired) electrons. The minimum atomic E-state index is -0.248. The van der Waals surface area contributed by atoms with Gasteiger partial charge in [-0.2, -0.15) is 0 Å². The Morgan fingerprint density at radius 2 is 2.11 bits per heavy atom. The number of amides is 1. The van der Waals surface area contributed by atoms with Crippen molar-refractivity contribution in [2.75, 3.05) is 12.3 Å². The number of nitrogens with zero attached hydrogens (tertiary/aromatic N) is 3. The van der Waals surface area contributed by atoms with Gasteiger partial charge in [-0.1, -0.05) is 30.8 Å². The molecule has 1 atom stereocenters. The Balaban J connectivity index is 1.52. The number of halogens is 1. The van der Waals surface area contributed by atoms with Crippen LogP contribution in [0.3, 0.4) is 0 Å². The molecular weight excluding hydrogens is 393 g/mol. The second kappa shape index (κ2) is 8.57. The maximum Gasteiger partial charge on any atom is 0.233 e. The van der Waals surface area contributed by atoms with Crippen LogP contribution in [0.4, 0.5) is 4.39 Å². The van der Waals surface area contributed by atoms with E-state index < -0.39 is 0 Å². The third kappa shape index (κ3) is 4.05. The first-order chi connectivity index (χ1) is 13.7. The van der Waals surface area contributed by atoms with Crippen LogP contribution in [-0.4, -0.2) is 39.1 Å². The fourth-order valence-corrected chi connectivity index (χ4v) is 5.74. The summed E-state index contributed by atoms with van der Waals surface area (Å²) in [7, 11) is 0. The average Bonchev–Trinajstić information content (AvgIpc) is 3.17. The third-order valence-electron chi connectivity index (χ3n) is 5.16. The van der Waals surface area contributed by atoms with Gasteiger partial charge in [0.15, 0.2) is 0 Å². The number of carbonyl (C=O) groups is 1. The molecule has 0 unspecified atom stereocenters. The fourth-order valence-electron chi connectivity index (χ4n) is 3.66. The highest BCUT2D eigenvalue weighted by atomic mass is 32.2. The van der Waals surface area contributed by atoms with E-state index >= 15 is 0 Å². The van der Waals surface area contributed by atoms with Gasteiger partial charge >= 0.3 is 0 Å². The molecule has 0 N–H and O–H groups in total. The van der Waals surface area contributed by atoms with Crippen molar-refractivity contribution in [3.8, 4) is 10.4 Å². The van der Waals surface area contributed by atoms with Gasteiger partial charge in [-0.3, -0.25) is 4.79 Å². The molecule has 0 saturated carbocycles. The van der Waals surface area contributed by atoms with E-state index in [1.54, 1.807) is 29.8 Å². The molecule has 3 aromatic rings. The monoisotopic (exact) mass is 415 g/mol. The van der Waals surface area contributed by atoms with Gasteiger partial charge in [0, 0.05) is 17.5 Å². The van der Waals surface area contributed by atoms with Crippen molar-refractivity contribution in [2.24, 2.45) is 0 Å². The number of fused-ring (bicyclic) bond motifs is 1. The zero-order valence-electron chi connectivity index (χ0n) is 15.7. The molecule has 1 aromatic carbocycles. The number of aromatic nitrogens is 2. The molecule has 0 bridgehead atoms. The fraction of sp³-hybridized carbons (Fsp3) is 0.381. The van der Waals surface area contributed by atoms with Crippen LogP contribution in [0.2, 0.25) is 0 Å². The van der Waals surface area contributed by atoms with Gasteiger partial charge < -0.3 is 4.90 Å². The first kappa shape index (κ1) is 19.3. The van der Waals surface area contributed by atoms with E-state index in [2.05, 4.69) is 16.9 Å². The summed E-state index contributed by atoms with van der Waals surface area (Å²) >= 11 is 3.07. The quantitative estimate of drug-likeness (QED) is 0.415. The summed E-state index contributed by atoms with van der Waals surface area (Å²) in [6.45, 7) is 3.02. The molecule has 2 aromatic heterocycles. The van der Waals surface area contributed by atoms with Gasteiger partial charge in [0.2, 0.25) is 5.91 Å². The number of likely N-dealkylation sites (tertiary alicyclic amines) is 1. The van der Waals surface area contributed by atoms with Crippen LogP contribution in [-0.2, 0) is 4.79 Å². The molecule has 146 valence electrons. The maximum absolute atomic E-state index is 13.2. The lowest BCUT2D eigenvalue weighted by molar-refractivity contribution is -0.132. The molecule has 1 aliphatic heterocycles. The van der Waals surface area contributed by atoms with Gasteiger partial charge in [-0.25, -0.2) is 14.4 Å². The Kier molecular flexibility index (Phi) is 5.92. The number of benzene rings is 1. The van der Waals surface area contributed by atoms with Crippen molar-refractivity contribution >= 4 is 39.2 Å². The highest BCUT2D eigenvalue weighted by molar-refractivity contribution is 8.00. The predicted molar refractivity (Wildman–Crippen MR) is 113 cm³/mol. The van der Waals surface area contributed by atoms with Crippen molar-refractivity contribution in [1.29, 1.82) is 0 Å². The lowest BCUT2D eigenvalue weighted by Gasteiger charge is -2.35. The summed E-state index contributed by atoms with van der Waals surface area (Å²) in [5.74, 6) is 0.341. The van der Waals surface area contributed by atoms with Crippen LogP contribution in [0, 0.1) is 5.82 Å². The molecule has 7 heteroatoms. The molecule has 3 heterocycles. The van der Waals surface area contributed by atoms with E-state index in [4.69, 9.17) is 0 Å². The van der Waals surface area contributed by atoms with Crippen molar-refractivity contribution in [1.82, 2.24) is 14.9 Å². The van der Waals surface area contributed by atoms with Crippen molar-refractivity contribution < 1.29 is 9.18 Å². The molecular formula is C21H22FN3OS2. The predicted octanol–water partition coefficient (Wildman–Crippen LogP) is 5.38. The number of hydrogen-bond donors (Lipinski definition) is 0. The Hall–Kier alpha value is -1.99. The number of piperidine rings is 1. The Bertz CT molecular complexity index is 973. The normalized spacial score (nSPS) is 17.2. The van der Waals surface area contributed by atoms with Crippen LogP contribution >= 0.6 is 23.1 Å². The second-order valence-corrected chi connectivity index (χ2v) is 8.96. The maximum atomic E-state index is 13.2. The number of rotatable bonds is 5. The summed E-state index contributed by atoms with van der Waals surface area (Å²) in [6, 6.07) is 8.83. The zero-order chi connectivity index (χ0) is 19.5. The Morgan fingerprint density at radius 1 is 1.29 bits per heavy atom. The molecule has 1 fully saturated rings. The van der Waals surface area contributed by atoms with Crippen molar-refractivity contribution in [3.63, 3.8) is 0 Å². The topological polar surface area (TPSA) is 46.1 Å². The number of hydrogen-bond acceptors (Lipinski definition) is 5. The van der Waals surface area contributed by atoms with E-state index in [9.17, 15) is 9.18 Å². The van der Waals surface area contributed by atoms with Crippen LogP contribution < -0.4 is 0 Å². The second-order valence-electron chi connectivity index (χ2n) is 6.94. The molecule has 28 heavy (non-hydrogen) atoms. The summed E-state index contributed by atoms with van der Waals surface area (Å²) in [6.07, 6.45) is 5.97. The summed E-state index contributed by atoms with van der Waals surface area (Å²) in [4.78, 5) is 24.6. The van der Waals surface area contributed by atoms with Gasteiger partial charge in [0.1, 0.15) is 17.2 Å². The van der Waals surface area contributed by atoms with Crippen molar-refractivity contribution in [2.45, 2.75) is 43.7 Å². The molecule has 1 amide bonds. The van der Waals surface area contributed by atoms with Gasteiger partial charge in [-0.15, -0.1) is 11.3 Å². The summed E-state index contributed by atoms with van der Waals surface area (Å²) in [5, 5.41) is 0.835.